The molecule has 9 heteroatoms. The average Bonchev–Trinajstić information content (AvgIpc) is 3.11. The molecular weight excluding hydrogens is 350 g/mol. The molecule has 1 N–H and O–H groups in total. The molecule has 2 aliphatic heterocycles. The van der Waals surface area contributed by atoms with Gasteiger partial charge in [0.1, 0.15) is 0 Å². The van der Waals surface area contributed by atoms with Gasteiger partial charge in [0.25, 0.3) is 5.69 Å². The van der Waals surface area contributed by atoms with E-state index >= 15 is 0 Å². The van der Waals surface area contributed by atoms with E-state index in [0.29, 0.717) is 19.6 Å². The third-order valence-corrected chi connectivity index (χ3v) is 5.42. The largest absolute Gasteiger partial charge is 0.465 e. The Labute approximate surface area is 155 Å². The van der Waals surface area contributed by atoms with Gasteiger partial charge in [0.2, 0.25) is 0 Å². The van der Waals surface area contributed by atoms with Crippen molar-refractivity contribution in [2.45, 2.75) is 31.8 Å². The van der Waals surface area contributed by atoms with Crippen molar-refractivity contribution in [2.24, 2.45) is 0 Å². The Morgan fingerprint density at radius 1 is 1.19 bits per heavy atom. The highest BCUT2D eigenvalue weighted by molar-refractivity contribution is 5.65. The fourth-order valence-corrected chi connectivity index (χ4v) is 3.84. The van der Waals surface area contributed by atoms with E-state index in [-0.39, 0.29) is 11.7 Å². The first-order valence-corrected chi connectivity index (χ1v) is 9.05. The smallest absolute Gasteiger partial charge is 0.407 e. The summed E-state index contributed by atoms with van der Waals surface area (Å²) in [7, 11) is 0. The molecule has 3 heterocycles. The number of hydrogen-bond acceptors (Lipinski definition) is 5. The maximum absolute atomic E-state index is 11.0. The fraction of sp³-hybridized carbons (Fsp3) is 0.444. The number of hydrogen-bond donors (Lipinski definition) is 1. The predicted molar refractivity (Wildman–Crippen MR) is 97.9 cm³/mol. The second-order valence-electron chi connectivity index (χ2n) is 7.03. The van der Waals surface area contributed by atoms with Gasteiger partial charge in [0.05, 0.1) is 23.2 Å². The van der Waals surface area contributed by atoms with Crippen LogP contribution in [0.15, 0.2) is 30.5 Å². The highest BCUT2D eigenvalue weighted by Gasteiger charge is 2.26. The minimum atomic E-state index is -0.855. The third kappa shape index (κ3) is 3.44. The molecule has 0 radical (unpaired) electrons. The third-order valence-electron chi connectivity index (χ3n) is 5.42. The number of carbonyl (C=O) groups is 1. The van der Waals surface area contributed by atoms with Crippen molar-refractivity contribution in [3.63, 3.8) is 0 Å². The molecule has 0 unspecified atom stereocenters. The first-order valence-electron chi connectivity index (χ1n) is 9.05. The SMILES string of the molecule is O=C(O)N1CCC(n2cc3c(n2)CN(c2ccc([N+](=O)[O-])cc2)CC3)CC1. The Morgan fingerprint density at radius 2 is 1.89 bits per heavy atom. The van der Waals surface area contributed by atoms with Gasteiger partial charge >= 0.3 is 6.09 Å². The number of nitro groups is 1. The number of piperidine rings is 1. The quantitative estimate of drug-likeness (QED) is 0.657. The molecule has 4 rings (SSSR count). The van der Waals surface area contributed by atoms with Crippen molar-refractivity contribution >= 4 is 17.5 Å². The normalized spacial score (nSPS) is 17.6. The van der Waals surface area contributed by atoms with Crippen LogP contribution in [0.25, 0.3) is 0 Å². The van der Waals surface area contributed by atoms with E-state index < -0.39 is 11.0 Å². The van der Waals surface area contributed by atoms with Crippen LogP contribution in [-0.2, 0) is 13.0 Å². The lowest BCUT2D eigenvalue weighted by Crippen LogP contribution is -2.38. The molecule has 2 aromatic rings. The van der Waals surface area contributed by atoms with Crippen LogP contribution in [0, 0.1) is 10.1 Å². The summed E-state index contributed by atoms with van der Waals surface area (Å²) in [6, 6.07) is 6.85. The second-order valence-corrected chi connectivity index (χ2v) is 7.03. The summed E-state index contributed by atoms with van der Waals surface area (Å²) in [6.45, 7) is 2.60. The molecule has 0 spiro atoms. The molecule has 1 fully saturated rings. The topological polar surface area (TPSA) is 105 Å². The zero-order valence-corrected chi connectivity index (χ0v) is 14.8. The maximum Gasteiger partial charge on any atom is 0.407 e. The van der Waals surface area contributed by atoms with Crippen LogP contribution < -0.4 is 4.90 Å². The molecule has 1 aromatic heterocycles. The van der Waals surface area contributed by atoms with E-state index in [9.17, 15) is 14.9 Å². The van der Waals surface area contributed by atoms with Gasteiger partial charge in [-0.2, -0.15) is 5.10 Å². The lowest BCUT2D eigenvalue weighted by atomic mass is 10.1. The standard InChI is InChI=1S/C18H21N5O4/c24-18(25)20-9-6-15(7-10-20)22-11-13-5-8-21(12-17(13)19-22)14-1-3-16(4-2-14)23(26)27/h1-4,11,15H,5-10,12H2,(H,24,25). The number of benzene rings is 1. The Kier molecular flexibility index (Phi) is 4.43. The van der Waals surface area contributed by atoms with E-state index in [1.807, 2.05) is 4.68 Å². The number of amides is 1. The summed E-state index contributed by atoms with van der Waals surface area (Å²) in [5.41, 5.74) is 3.30. The number of non-ortho nitro benzene ring substituents is 1. The Hall–Kier alpha value is -3.10. The maximum atomic E-state index is 11.0. The van der Waals surface area contributed by atoms with E-state index in [4.69, 9.17) is 10.2 Å². The number of nitrogens with zero attached hydrogens (tertiary/aromatic N) is 5. The van der Waals surface area contributed by atoms with Gasteiger partial charge in [-0.05, 0) is 37.0 Å². The van der Waals surface area contributed by atoms with Gasteiger partial charge in [-0.1, -0.05) is 0 Å². The number of nitro benzene ring substituents is 1. The van der Waals surface area contributed by atoms with Gasteiger partial charge in [-0.25, -0.2) is 4.79 Å². The molecule has 1 amide bonds. The summed E-state index contributed by atoms with van der Waals surface area (Å²) in [6.07, 6.45) is 3.67. The monoisotopic (exact) mass is 371 g/mol. The van der Waals surface area contributed by atoms with E-state index in [2.05, 4.69) is 11.1 Å². The van der Waals surface area contributed by atoms with Crippen molar-refractivity contribution in [1.82, 2.24) is 14.7 Å². The Balaban J connectivity index is 1.45. The van der Waals surface area contributed by atoms with Gasteiger partial charge in [0, 0.05) is 43.7 Å². The van der Waals surface area contributed by atoms with Crippen molar-refractivity contribution in [2.75, 3.05) is 24.5 Å². The fourth-order valence-electron chi connectivity index (χ4n) is 3.84. The van der Waals surface area contributed by atoms with Gasteiger partial charge in [-0.15, -0.1) is 0 Å². The van der Waals surface area contributed by atoms with Crippen molar-refractivity contribution in [3.8, 4) is 0 Å². The number of carboxylic acid groups (broad SMARTS) is 1. The molecule has 1 saturated heterocycles. The van der Waals surface area contributed by atoms with E-state index in [1.165, 1.54) is 22.6 Å². The summed E-state index contributed by atoms with van der Waals surface area (Å²) in [5, 5.41) is 24.6. The van der Waals surface area contributed by atoms with Crippen LogP contribution in [0.5, 0.6) is 0 Å². The highest BCUT2D eigenvalue weighted by Crippen LogP contribution is 2.28. The van der Waals surface area contributed by atoms with E-state index in [0.717, 1.165) is 37.2 Å². The molecular formula is C18H21N5O4. The first kappa shape index (κ1) is 17.3. The van der Waals surface area contributed by atoms with Gasteiger partial charge in [-0.3, -0.25) is 14.8 Å². The number of anilines is 1. The average molecular weight is 371 g/mol. The molecule has 9 nitrogen and oxygen atoms in total. The Morgan fingerprint density at radius 3 is 2.52 bits per heavy atom. The summed E-state index contributed by atoms with van der Waals surface area (Å²) in [5.74, 6) is 0. The zero-order chi connectivity index (χ0) is 19.0. The number of rotatable bonds is 3. The van der Waals surface area contributed by atoms with Crippen LogP contribution in [0.4, 0.5) is 16.2 Å². The zero-order valence-electron chi connectivity index (χ0n) is 14.8. The first-order chi connectivity index (χ1) is 13.0. The molecule has 27 heavy (non-hydrogen) atoms. The van der Waals surface area contributed by atoms with Crippen molar-refractivity contribution in [1.29, 1.82) is 0 Å². The van der Waals surface area contributed by atoms with Gasteiger partial charge in [0.15, 0.2) is 0 Å². The number of likely N-dealkylation sites (tertiary alicyclic amines) is 1. The van der Waals surface area contributed by atoms with Crippen molar-refractivity contribution in [3.05, 3.63) is 51.8 Å². The lowest BCUT2D eigenvalue weighted by Gasteiger charge is -2.30. The Bertz CT molecular complexity index is 855. The predicted octanol–water partition coefficient (Wildman–Crippen LogP) is 2.67. The number of aromatic nitrogens is 2. The van der Waals surface area contributed by atoms with Crippen molar-refractivity contribution < 1.29 is 14.8 Å². The van der Waals surface area contributed by atoms with Crippen LogP contribution >= 0.6 is 0 Å². The second kappa shape index (κ2) is 6.90. The van der Waals surface area contributed by atoms with Crippen LogP contribution in [0.3, 0.4) is 0 Å². The number of fused-ring (bicyclic) bond motifs is 1. The minimum absolute atomic E-state index is 0.0911. The lowest BCUT2D eigenvalue weighted by molar-refractivity contribution is -0.384. The highest BCUT2D eigenvalue weighted by atomic mass is 16.6. The molecule has 1 aromatic carbocycles. The molecule has 0 atom stereocenters. The molecule has 0 aliphatic carbocycles. The van der Waals surface area contributed by atoms with Crippen LogP contribution in [0.2, 0.25) is 0 Å². The van der Waals surface area contributed by atoms with Crippen LogP contribution in [-0.4, -0.2) is 50.4 Å². The summed E-state index contributed by atoms with van der Waals surface area (Å²) >= 11 is 0. The summed E-state index contributed by atoms with van der Waals surface area (Å²) in [4.78, 5) is 25.1. The molecule has 0 saturated carbocycles. The minimum Gasteiger partial charge on any atom is -0.465 e. The van der Waals surface area contributed by atoms with E-state index in [1.54, 1.807) is 12.1 Å². The molecule has 2 aliphatic rings. The summed E-state index contributed by atoms with van der Waals surface area (Å²) < 4.78 is 2.00. The molecule has 0 bridgehead atoms. The van der Waals surface area contributed by atoms with Crippen LogP contribution in [0.1, 0.15) is 30.1 Å². The van der Waals surface area contributed by atoms with Gasteiger partial charge < -0.3 is 14.9 Å². The molecule has 142 valence electrons.